The van der Waals surface area contributed by atoms with Gasteiger partial charge in [0.1, 0.15) is 5.82 Å². The van der Waals surface area contributed by atoms with E-state index < -0.39 is 0 Å². The maximum Gasteiger partial charge on any atom is 0.238 e. The molecular weight excluding hydrogens is 309 g/mol. The van der Waals surface area contributed by atoms with Crippen molar-refractivity contribution < 1.29 is 9.18 Å². The smallest absolute Gasteiger partial charge is 0.238 e. The van der Waals surface area contributed by atoms with Crippen molar-refractivity contribution in [3.05, 3.63) is 47.7 Å². The Morgan fingerprint density at radius 1 is 1.42 bits per heavy atom. The topological polar surface area (TPSA) is 66.0 Å². The van der Waals surface area contributed by atoms with Crippen LogP contribution >= 0.6 is 0 Å². The molecule has 3 rings (SSSR count). The Hall–Kier alpha value is -2.67. The van der Waals surface area contributed by atoms with Crippen molar-refractivity contribution in [3.8, 4) is 0 Å². The Kier molecular flexibility index (Phi) is 4.35. The predicted octanol–water partition coefficient (Wildman–Crippen LogP) is 2.42. The molecule has 0 fully saturated rings. The molecule has 0 radical (unpaired) electrons. The number of aromatic nitrogens is 3. The van der Waals surface area contributed by atoms with Crippen LogP contribution in [0.4, 0.5) is 10.1 Å². The summed E-state index contributed by atoms with van der Waals surface area (Å²) in [7, 11) is 3.69. The lowest BCUT2D eigenvalue weighted by atomic mass is 10.2. The molecule has 0 spiro atoms. The molecule has 24 heavy (non-hydrogen) atoms. The molecule has 1 aromatic carbocycles. The van der Waals surface area contributed by atoms with Gasteiger partial charge in [0.05, 0.1) is 24.1 Å². The van der Waals surface area contributed by atoms with Crippen LogP contribution in [0.25, 0.3) is 10.9 Å². The molecule has 3 aromatic rings. The third kappa shape index (κ3) is 3.46. The molecule has 126 valence electrons. The minimum absolute atomic E-state index is 0.101. The number of anilines is 1. The van der Waals surface area contributed by atoms with E-state index in [1.54, 1.807) is 16.9 Å². The second kappa shape index (κ2) is 6.45. The van der Waals surface area contributed by atoms with Gasteiger partial charge in [0.25, 0.3) is 0 Å². The third-order valence-electron chi connectivity index (χ3n) is 4.00. The van der Waals surface area contributed by atoms with Crippen LogP contribution in [0.3, 0.4) is 0 Å². The van der Waals surface area contributed by atoms with Gasteiger partial charge in [0, 0.05) is 30.2 Å². The van der Waals surface area contributed by atoms with Crippen LogP contribution in [0.5, 0.6) is 0 Å². The number of rotatable bonds is 5. The van der Waals surface area contributed by atoms with Crippen LogP contribution in [-0.2, 0) is 18.4 Å². The molecule has 0 saturated carbocycles. The summed E-state index contributed by atoms with van der Waals surface area (Å²) in [6, 6.07) is 6.54. The summed E-state index contributed by atoms with van der Waals surface area (Å²) in [6.45, 7) is 2.71. The Morgan fingerprint density at radius 2 is 2.21 bits per heavy atom. The van der Waals surface area contributed by atoms with E-state index in [1.807, 2.05) is 32.0 Å². The molecule has 0 aliphatic heterocycles. The average Bonchev–Trinajstić information content (AvgIpc) is 3.04. The molecule has 0 aliphatic rings. The van der Waals surface area contributed by atoms with Crippen molar-refractivity contribution >= 4 is 22.5 Å². The maximum absolute atomic E-state index is 13.2. The Labute approximate surface area is 139 Å². The van der Waals surface area contributed by atoms with E-state index in [-0.39, 0.29) is 18.3 Å². The number of benzene rings is 1. The summed E-state index contributed by atoms with van der Waals surface area (Å²) in [5.41, 5.74) is 3.44. The Balaban J connectivity index is 1.60. The highest BCUT2D eigenvalue weighted by Crippen LogP contribution is 2.17. The van der Waals surface area contributed by atoms with Crippen LogP contribution < -0.4 is 5.32 Å². The summed E-state index contributed by atoms with van der Waals surface area (Å²) in [6.07, 6.45) is 1.64. The van der Waals surface area contributed by atoms with Crippen LogP contribution in [-0.4, -0.2) is 39.2 Å². The number of nitrogens with one attached hydrogen (secondary N) is 2. The standard InChI is InChI=1S/C17H20FN5O/c1-11-16(8-19-23(11)3)21-17(24)10-22(2)9-14-7-12-6-13(18)4-5-15(12)20-14/h4-8,20H,9-10H2,1-3H3,(H,21,24). The molecule has 2 heterocycles. The second-order valence-corrected chi connectivity index (χ2v) is 6.01. The predicted molar refractivity (Wildman–Crippen MR) is 91.2 cm³/mol. The third-order valence-corrected chi connectivity index (χ3v) is 4.00. The second-order valence-electron chi connectivity index (χ2n) is 6.01. The molecule has 2 N–H and O–H groups in total. The first-order valence-corrected chi connectivity index (χ1v) is 7.66. The number of carbonyl (C=O) groups excluding carboxylic acids is 1. The largest absolute Gasteiger partial charge is 0.357 e. The van der Waals surface area contributed by atoms with E-state index in [0.717, 1.165) is 28.0 Å². The van der Waals surface area contributed by atoms with Gasteiger partial charge in [-0.15, -0.1) is 0 Å². The summed E-state index contributed by atoms with van der Waals surface area (Å²) in [5, 5.41) is 7.79. The van der Waals surface area contributed by atoms with Crippen LogP contribution in [0.1, 0.15) is 11.4 Å². The first kappa shape index (κ1) is 16.2. The quantitative estimate of drug-likeness (QED) is 0.755. The van der Waals surface area contributed by atoms with E-state index in [9.17, 15) is 9.18 Å². The summed E-state index contributed by atoms with van der Waals surface area (Å²) < 4.78 is 14.9. The number of hydrogen-bond acceptors (Lipinski definition) is 3. The highest BCUT2D eigenvalue weighted by molar-refractivity contribution is 5.92. The molecule has 0 unspecified atom stereocenters. The van der Waals surface area contributed by atoms with Crippen LogP contribution in [0, 0.1) is 12.7 Å². The number of carbonyl (C=O) groups is 1. The number of nitrogens with zero attached hydrogens (tertiary/aromatic N) is 3. The lowest BCUT2D eigenvalue weighted by Crippen LogP contribution is -2.30. The fourth-order valence-corrected chi connectivity index (χ4v) is 2.65. The van der Waals surface area contributed by atoms with Crippen molar-refractivity contribution in [2.75, 3.05) is 18.9 Å². The minimum Gasteiger partial charge on any atom is -0.357 e. The van der Waals surface area contributed by atoms with E-state index >= 15 is 0 Å². The highest BCUT2D eigenvalue weighted by atomic mass is 19.1. The fraction of sp³-hybridized carbons (Fsp3) is 0.294. The van der Waals surface area contributed by atoms with Gasteiger partial charge in [0.2, 0.25) is 5.91 Å². The van der Waals surface area contributed by atoms with Gasteiger partial charge >= 0.3 is 0 Å². The molecule has 1 amide bonds. The summed E-state index contributed by atoms with van der Waals surface area (Å²) >= 11 is 0. The molecule has 7 heteroatoms. The van der Waals surface area contributed by atoms with Crippen molar-refractivity contribution in [1.29, 1.82) is 0 Å². The van der Waals surface area contributed by atoms with Gasteiger partial charge in [-0.05, 0) is 38.2 Å². The number of amides is 1. The van der Waals surface area contributed by atoms with Crippen molar-refractivity contribution in [1.82, 2.24) is 19.7 Å². The summed E-state index contributed by atoms with van der Waals surface area (Å²) in [5.74, 6) is -0.358. The van der Waals surface area contributed by atoms with Crippen molar-refractivity contribution in [3.63, 3.8) is 0 Å². The molecule has 0 bridgehead atoms. The zero-order chi connectivity index (χ0) is 17.3. The lowest BCUT2D eigenvalue weighted by Gasteiger charge is -2.15. The highest BCUT2D eigenvalue weighted by Gasteiger charge is 2.12. The summed E-state index contributed by atoms with van der Waals surface area (Å²) in [4.78, 5) is 17.3. The lowest BCUT2D eigenvalue weighted by molar-refractivity contribution is -0.117. The first-order chi connectivity index (χ1) is 11.4. The monoisotopic (exact) mass is 329 g/mol. The molecule has 0 atom stereocenters. The normalized spacial score (nSPS) is 11.4. The van der Waals surface area contributed by atoms with Gasteiger partial charge in [0.15, 0.2) is 0 Å². The zero-order valence-corrected chi connectivity index (χ0v) is 13.9. The van der Waals surface area contributed by atoms with Gasteiger partial charge in [-0.3, -0.25) is 14.4 Å². The average molecular weight is 329 g/mol. The van der Waals surface area contributed by atoms with E-state index in [2.05, 4.69) is 15.4 Å². The van der Waals surface area contributed by atoms with Crippen molar-refractivity contribution in [2.24, 2.45) is 7.05 Å². The fourth-order valence-electron chi connectivity index (χ4n) is 2.65. The minimum atomic E-state index is -0.257. The van der Waals surface area contributed by atoms with Gasteiger partial charge in [-0.1, -0.05) is 0 Å². The van der Waals surface area contributed by atoms with Crippen LogP contribution in [0.15, 0.2) is 30.5 Å². The van der Waals surface area contributed by atoms with E-state index in [0.29, 0.717) is 6.54 Å². The van der Waals surface area contributed by atoms with Crippen LogP contribution in [0.2, 0.25) is 0 Å². The number of aromatic amines is 1. The Bertz CT molecular complexity index is 882. The maximum atomic E-state index is 13.2. The molecule has 6 nitrogen and oxygen atoms in total. The molecule has 0 saturated heterocycles. The zero-order valence-electron chi connectivity index (χ0n) is 13.9. The number of H-pyrrole nitrogens is 1. The van der Waals surface area contributed by atoms with Crippen molar-refractivity contribution in [2.45, 2.75) is 13.5 Å². The molecule has 0 aliphatic carbocycles. The number of likely N-dealkylation sites (N-methyl/N-ethyl adjacent to an activating group) is 1. The van der Waals surface area contributed by atoms with Gasteiger partial charge < -0.3 is 10.3 Å². The SMILES string of the molecule is Cc1c(NC(=O)CN(C)Cc2cc3cc(F)ccc3[nH]2)cnn1C. The molecule has 2 aromatic heterocycles. The van der Waals surface area contributed by atoms with Gasteiger partial charge in [-0.2, -0.15) is 5.10 Å². The first-order valence-electron chi connectivity index (χ1n) is 7.66. The molecular formula is C17H20FN5O. The number of aryl methyl sites for hydroxylation is 1. The number of fused-ring (bicyclic) bond motifs is 1. The van der Waals surface area contributed by atoms with Gasteiger partial charge in [-0.25, -0.2) is 4.39 Å². The van der Waals surface area contributed by atoms with E-state index in [4.69, 9.17) is 0 Å². The van der Waals surface area contributed by atoms with E-state index in [1.165, 1.54) is 12.1 Å². The number of hydrogen-bond donors (Lipinski definition) is 2. The Morgan fingerprint density at radius 3 is 2.92 bits per heavy atom. The number of halogens is 1.